The highest BCUT2D eigenvalue weighted by molar-refractivity contribution is 5.83. The molecule has 0 unspecified atom stereocenters. The summed E-state index contributed by atoms with van der Waals surface area (Å²) in [4.78, 5) is 35.1. The van der Waals surface area contributed by atoms with Gasteiger partial charge >= 0.3 is 17.6 Å². The quantitative estimate of drug-likeness (QED) is 0.453. The Labute approximate surface area is 145 Å². The Bertz CT molecular complexity index is 849. The van der Waals surface area contributed by atoms with Crippen molar-refractivity contribution in [1.29, 1.82) is 0 Å². The van der Waals surface area contributed by atoms with Gasteiger partial charge in [0.2, 0.25) is 0 Å². The van der Waals surface area contributed by atoms with Crippen LogP contribution in [-0.4, -0.2) is 18.0 Å². The Kier molecular flexibility index (Phi) is 5.96. The van der Waals surface area contributed by atoms with Gasteiger partial charge in [-0.15, -0.1) is 0 Å². The number of hydrogen-bond acceptors (Lipinski definition) is 6. The minimum Gasteiger partial charge on any atom is -0.462 e. The number of fused-ring (bicyclic) bond motifs is 1. The molecule has 0 radical (unpaired) electrons. The van der Waals surface area contributed by atoms with Crippen molar-refractivity contribution in [1.82, 2.24) is 0 Å². The first-order valence-electron chi connectivity index (χ1n) is 8.32. The third-order valence-corrected chi connectivity index (χ3v) is 3.89. The second-order valence-corrected chi connectivity index (χ2v) is 5.84. The van der Waals surface area contributed by atoms with Gasteiger partial charge in [0.25, 0.3) is 0 Å². The highest BCUT2D eigenvalue weighted by Gasteiger charge is 2.17. The predicted molar refractivity (Wildman–Crippen MR) is 92.7 cm³/mol. The first-order valence-corrected chi connectivity index (χ1v) is 8.32. The Morgan fingerprint density at radius 2 is 1.84 bits per heavy atom. The Morgan fingerprint density at radius 1 is 1.16 bits per heavy atom. The largest absolute Gasteiger partial charge is 0.462 e. The molecule has 6 nitrogen and oxygen atoms in total. The van der Waals surface area contributed by atoms with E-state index in [1.807, 2.05) is 6.92 Å². The van der Waals surface area contributed by atoms with Crippen molar-refractivity contribution in [2.45, 2.75) is 53.1 Å². The van der Waals surface area contributed by atoms with Gasteiger partial charge < -0.3 is 13.9 Å². The van der Waals surface area contributed by atoms with Gasteiger partial charge in [-0.05, 0) is 31.5 Å². The van der Waals surface area contributed by atoms with Crippen molar-refractivity contribution in [3.63, 3.8) is 0 Å². The van der Waals surface area contributed by atoms with Gasteiger partial charge in [0.1, 0.15) is 17.4 Å². The molecular weight excluding hydrogens is 324 g/mol. The smallest absolute Gasteiger partial charge is 0.339 e. The van der Waals surface area contributed by atoms with Gasteiger partial charge in [-0.1, -0.05) is 13.8 Å². The number of hydrogen-bond donors (Lipinski definition) is 0. The second-order valence-electron chi connectivity index (χ2n) is 5.84. The van der Waals surface area contributed by atoms with Crippen LogP contribution in [0.5, 0.6) is 5.75 Å². The summed E-state index contributed by atoms with van der Waals surface area (Å²) in [6.07, 6.45) is 0.405. The Morgan fingerprint density at radius 3 is 2.48 bits per heavy atom. The molecule has 0 saturated carbocycles. The number of ether oxygens (including phenoxy) is 2. The molecule has 0 N–H and O–H groups in total. The van der Waals surface area contributed by atoms with Gasteiger partial charge in [0.05, 0.1) is 0 Å². The fraction of sp³-hybridized carbons (Fsp3) is 0.421. The van der Waals surface area contributed by atoms with Crippen LogP contribution < -0.4 is 10.4 Å². The molecular formula is C19H22O6. The van der Waals surface area contributed by atoms with Crippen LogP contribution in [0.4, 0.5) is 0 Å². The average molecular weight is 346 g/mol. The second kappa shape index (κ2) is 7.96. The van der Waals surface area contributed by atoms with Crippen molar-refractivity contribution in [3.05, 3.63) is 39.7 Å². The minimum atomic E-state index is -0.483. The molecule has 2 rings (SSSR count). The molecule has 1 aromatic carbocycles. The third kappa shape index (κ3) is 4.47. The van der Waals surface area contributed by atoms with Crippen LogP contribution in [-0.2, 0) is 20.7 Å². The number of carbonyl (C=O) groups excluding carboxylic acids is 2. The van der Waals surface area contributed by atoms with E-state index in [4.69, 9.17) is 13.9 Å². The van der Waals surface area contributed by atoms with Gasteiger partial charge in [0, 0.05) is 36.3 Å². The molecule has 0 spiro atoms. The minimum absolute atomic E-state index is 0.258. The van der Waals surface area contributed by atoms with Gasteiger partial charge in [-0.2, -0.15) is 0 Å². The number of benzene rings is 1. The van der Waals surface area contributed by atoms with E-state index in [1.165, 1.54) is 6.07 Å². The normalized spacial score (nSPS) is 12.0. The average Bonchev–Trinajstić information content (AvgIpc) is 2.58. The van der Waals surface area contributed by atoms with Gasteiger partial charge in [0.15, 0.2) is 0 Å². The summed E-state index contributed by atoms with van der Waals surface area (Å²) in [7, 11) is 0. The highest BCUT2D eigenvalue weighted by atomic mass is 16.5. The summed E-state index contributed by atoms with van der Waals surface area (Å²) < 4.78 is 15.7. The molecule has 0 bridgehead atoms. The van der Waals surface area contributed by atoms with Crippen molar-refractivity contribution < 1.29 is 23.5 Å². The molecule has 0 saturated heterocycles. The maximum atomic E-state index is 12.3. The lowest BCUT2D eigenvalue weighted by molar-refractivity contribution is -0.147. The summed E-state index contributed by atoms with van der Waals surface area (Å²) in [5.74, 6) is -0.334. The van der Waals surface area contributed by atoms with Crippen LogP contribution in [0.3, 0.4) is 0 Å². The molecule has 0 fully saturated rings. The monoisotopic (exact) mass is 346 g/mol. The molecule has 6 heteroatoms. The van der Waals surface area contributed by atoms with Crippen molar-refractivity contribution in [2.24, 2.45) is 0 Å². The summed E-state index contributed by atoms with van der Waals surface area (Å²) in [5, 5.41) is 0.750. The number of rotatable bonds is 6. The third-order valence-electron chi connectivity index (χ3n) is 3.89. The van der Waals surface area contributed by atoms with Crippen LogP contribution in [0.15, 0.2) is 27.4 Å². The Hall–Kier alpha value is -2.63. The van der Waals surface area contributed by atoms with Crippen LogP contribution in [0.2, 0.25) is 0 Å². The number of carbonyl (C=O) groups is 2. The van der Waals surface area contributed by atoms with Crippen LogP contribution in [0, 0.1) is 6.92 Å². The maximum Gasteiger partial charge on any atom is 0.339 e. The van der Waals surface area contributed by atoms with E-state index in [-0.39, 0.29) is 31.2 Å². The lowest BCUT2D eigenvalue weighted by atomic mass is 10.0. The maximum absolute atomic E-state index is 12.3. The molecule has 0 aliphatic rings. The van der Waals surface area contributed by atoms with E-state index in [1.54, 1.807) is 32.9 Å². The summed E-state index contributed by atoms with van der Waals surface area (Å²) in [6, 6.07) is 4.94. The van der Waals surface area contributed by atoms with E-state index in [0.29, 0.717) is 16.9 Å². The summed E-state index contributed by atoms with van der Waals surface area (Å²) in [6.45, 7) is 6.98. The molecule has 134 valence electrons. The zero-order valence-corrected chi connectivity index (χ0v) is 14.9. The molecule has 1 heterocycles. The fourth-order valence-electron chi connectivity index (χ4n) is 2.51. The highest BCUT2D eigenvalue weighted by Crippen LogP contribution is 2.25. The predicted octanol–water partition coefficient (Wildman–Crippen LogP) is 3.30. The standard InChI is InChI=1S/C19H22O6/c1-5-17(20)23-11(3)9-15-12(4)14-8-7-13(24-18(21)6-2)10-16(14)25-19(15)22/h7-8,10-11H,5-6,9H2,1-4H3/t11-/m1/s1. The molecule has 0 aliphatic heterocycles. The SMILES string of the molecule is CCC(=O)Oc1ccc2c(C)c(C[C@@H](C)OC(=O)CC)c(=O)oc2c1. The molecule has 0 amide bonds. The topological polar surface area (TPSA) is 82.8 Å². The van der Waals surface area contributed by atoms with E-state index in [0.717, 1.165) is 10.9 Å². The molecule has 1 aromatic heterocycles. The lowest BCUT2D eigenvalue weighted by Gasteiger charge is -2.14. The van der Waals surface area contributed by atoms with E-state index < -0.39 is 11.7 Å². The van der Waals surface area contributed by atoms with E-state index in [9.17, 15) is 14.4 Å². The van der Waals surface area contributed by atoms with E-state index >= 15 is 0 Å². The van der Waals surface area contributed by atoms with Crippen molar-refractivity contribution in [3.8, 4) is 5.75 Å². The fourth-order valence-corrected chi connectivity index (χ4v) is 2.51. The lowest BCUT2D eigenvalue weighted by Crippen LogP contribution is -2.21. The summed E-state index contributed by atoms with van der Waals surface area (Å²) >= 11 is 0. The zero-order valence-electron chi connectivity index (χ0n) is 14.9. The van der Waals surface area contributed by atoms with Crippen LogP contribution in [0.1, 0.15) is 44.7 Å². The molecule has 2 aromatic rings. The van der Waals surface area contributed by atoms with Gasteiger partial charge in [-0.25, -0.2) is 4.79 Å². The molecule has 25 heavy (non-hydrogen) atoms. The van der Waals surface area contributed by atoms with Crippen LogP contribution in [0.25, 0.3) is 11.0 Å². The summed E-state index contributed by atoms with van der Waals surface area (Å²) in [5.41, 5.74) is 1.11. The Balaban J connectivity index is 2.34. The zero-order chi connectivity index (χ0) is 18.6. The first-order chi connectivity index (χ1) is 11.8. The molecule has 0 aliphatic carbocycles. The first kappa shape index (κ1) is 18.7. The van der Waals surface area contributed by atoms with Crippen molar-refractivity contribution >= 4 is 22.9 Å². The number of esters is 2. The van der Waals surface area contributed by atoms with Crippen LogP contribution >= 0.6 is 0 Å². The van der Waals surface area contributed by atoms with Crippen molar-refractivity contribution in [2.75, 3.05) is 0 Å². The van der Waals surface area contributed by atoms with E-state index in [2.05, 4.69) is 0 Å². The van der Waals surface area contributed by atoms with Gasteiger partial charge in [-0.3, -0.25) is 9.59 Å². The number of aryl methyl sites for hydroxylation is 1. The molecule has 1 atom stereocenters.